The van der Waals surface area contributed by atoms with Gasteiger partial charge in [0, 0.05) is 32.4 Å². The van der Waals surface area contributed by atoms with Crippen LogP contribution in [0.2, 0.25) is 0 Å². The Kier molecular flexibility index (Phi) is 3.92. The zero-order valence-corrected chi connectivity index (χ0v) is 14.0. The van der Waals surface area contributed by atoms with Crippen LogP contribution < -0.4 is 4.90 Å². The van der Waals surface area contributed by atoms with Gasteiger partial charge in [0.1, 0.15) is 5.82 Å². The molecule has 0 radical (unpaired) electrons. The Bertz CT molecular complexity index is 761. The van der Waals surface area contributed by atoms with E-state index in [-0.39, 0.29) is 11.8 Å². The lowest BCUT2D eigenvalue weighted by Crippen LogP contribution is -2.40. The van der Waals surface area contributed by atoms with Crippen LogP contribution in [0.25, 0.3) is 0 Å². The van der Waals surface area contributed by atoms with Crippen molar-refractivity contribution in [2.24, 2.45) is 5.92 Å². The maximum atomic E-state index is 12.9. The Morgan fingerprint density at radius 2 is 2.00 bits per heavy atom. The molecule has 5 nitrogen and oxygen atoms in total. The molecule has 0 saturated carbocycles. The summed E-state index contributed by atoms with van der Waals surface area (Å²) < 4.78 is 0. The summed E-state index contributed by atoms with van der Waals surface area (Å²) in [6, 6.07) is 8.44. The van der Waals surface area contributed by atoms with Gasteiger partial charge in [-0.2, -0.15) is 0 Å². The number of aryl methyl sites for hydroxylation is 1. The minimum absolute atomic E-state index is 0.0672. The Labute approximate surface area is 142 Å². The second kappa shape index (κ2) is 6.23. The number of hydrogen-bond acceptors (Lipinski definition) is 4. The van der Waals surface area contributed by atoms with Crippen molar-refractivity contribution in [1.82, 2.24) is 14.9 Å². The third kappa shape index (κ3) is 2.86. The third-order valence-corrected chi connectivity index (χ3v) is 5.05. The Hall–Kier alpha value is -2.43. The topological polar surface area (TPSA) is 49.3 Å². The van der Waals surface area contributed by atoms with Crippen molar-refractivity contribution in [3.05, 3.63) is 53.5 Å². The monoisotopic (exact) mass is 322 g/mol. The fourth-order valence-electron chi connectivity index (χ4n) is 3.71. The van der Waals surface area contributed by atoms with Crippen molar-refractivity contribution in [2.75, 3.05) is 24.5 Å². The first-order valence-corrected chi connectivity index (χ1v) is 8.60. The van der Waals surface area contributed by atoms with E-state index in [4.69, 9.17) is 0 Å². The minimum atomic E-state index is 0.0672. The van der Waals surface area contributed by atoms with Gasteiger partial charge in [0.2, 0.25) is 5.91 Å². The zero-order chi connectivity index (χ0) is 16.5. The van der Waals surface area contributed by atoms with Gasteiger partial charge in [0.15, 0.2) is 0 Å². The molecule has 1 unspecified atom stereocenters. The van der Waals surface area contributed by atoms with Crippen molar-refractivity contribution in [3.8, 4) is 0 Å². The summed E-state index contributed by atoms with van der Waals surface area (Å²) >= 11 is 0. The van der Waals surface area contributed by atoms with Crippen molar-refractivity contribution in [1.29, 1.82) is 0 Å². The molecule has 5 heteroatoms. The lowest BCUT2D eigenvalue weighted by molar-refractivity contribution is -0.135. The molecular formula is C19H22N4O. The molecule has 4 rings (SSSR count). The highest BCUT2D eigenvalue weighted by atomic mass is 16.2. The highest BCUT2D eigenvalue weighted by molar-refractivity contribution is 5.80. The molecule has 3 heterocycles. The molecule has 1 fully saturated rings. The van der Waals surface area contributed by atoms with Crippen LogP contribution in [0.5, 0.6) is 0 Å². The zero-order valence-electron chi connectivity index (χ0n) is 14.0. The quantitative estimate of drug-likeness (QED) is 0.850. The molecule has 1 aromatic carbocycles. The minimum Gasteiger partial charge on any atom is -0.355 e. The second-order valence-corrected chi connectivity index (χ2v) is 6.73. The van der Waals surface area contributed by atoms with Crippen LogP contribution in [0.1, 0.15) is 23.2 Å². The average Bonchev–Trinajstić information content (AvgIpc) is 3.11. The number of amides is 1. The van der Waals surface area contributed by atoms with E-state index in [9.17, 15) is 4.79 Å². The number of anilines is 1. The molecule has 0 bridgehead atoms. The molecule has 24 heavy (non-hydrogen) atoms. The van der Waals surface area contributed by atoms with Gasteiger partial charge in [-0.3, -0.25) is 9.78 Å². The standard InChI is InChI=1S/C19H22N4O/c1-14-10-20-11-18(21-14)22-8-7-17(13-22)19(24)23-9-6-15-4-2-3-5-16(15)12-23/h2-5,10-11,17H,6-9,12-13H2,1H3. The van der Waals surface area contributed by atoms with Crippen LogP contribution in [0.3, 0.4) is 0 Å². The molecule has 0 aliphatic carbocycles. The molecule has 2 aromatic rings. The van der Waals surface area contributed by atoms with Gasteiger partial charge in [-0.25, -0.2) is 4.98 Å². The van der Waals surface area contributed by atoms with Crippen molar-refractivity contribution in [2.45, 2.75) is 26.3 Å². The maximum absolute atomic E-state index is 12.9. The van der Waals surface area contributed by atoms with E-state index in [1.54, 1.807) is 12.4 Å². The lowest BCUT2D eigenvalue weighted by atomic mass is 9.98. The highest BCUT2D eigenvalue weighted by Crippen LogP contribution is 2.26. The highest BCUT2D eigenvalue weighted by Gasteiger charge is 2.33. The number of rotatable bonds is 2. The van der Waals surface area contributed by atoms with E-state index < -0.39 is 0 Å². The molecule has 0 spiro atoms. The van der Waals surface area contributed by atoms with Crippen LogP contribution in [-0.4, -0.2) is 40.4 Å². The van der Waals surface area contributed by atoms with Crippen molar-refractivity contribution in [3.63, 3.8) is 0 Å². The first-order chi connectivity index (χ1) is 11.7. The van der Waals surface area contributed by atoms with Crippen LogP contribution in [-0.2, 0) is 17.8 Å². The second-order valence-electron chi connectivity index (χ2n) is 6.73. The number of hydrogen-bond donors (Lipinski definition) is 0. The Morgan fingerprint density at radius 3 is 2.83 bits per heavy atom. The van der Waals surface area contributed by atoms with Gasteiger partial charge >= 0.3 is 0 Å². The van der Waals surface area contributed by atoms with E-state index in [1.807, 2.05) is 11.8 Å². The third-order valence-electron chi connectivity index (χ3n) is 5.05. The maximum Gasteiger partial charge on any atom is 0.227 e. The van der Waals surface area contributed by atoms with Crippen LogP contribution in [0.15, 0.2) is 36.7 Å². The number of aromatic nitrogens is 2. The first-order valence-electron chi connectivity index (χ1n) is 8.60. The molecule has 124 valence electrons. The lowest BCUT2D eigenvalue weighted by Gasteiger charge is -2.31. The largest absolute Gasteiger partial charge is 0.355 e. The summed E-state index contributed by atoms with van der Waals surface area (Å²) in [5.74, 6) is 1.24. The van der Waals surface area contributed by atoms with E-state index in [0.717, 1.165) is 50.5 Å². The van der Waals surface area contributed by atoms with Gasteiger partial charge in [-0.1, -0.05) is 24.3 Å². The van der Waals surface area contributed by atoms with Crippen LogP contribution >= 0.6 is 0 Å². The smallest absolute Gasteiger partial charge is 0.227 e. The molecular weight excluding hydrogens is 300 g/mol. The van der Waals surface area contributed by atoms with Crippen LogP contribution in [0, 0.1) is 12.8 Å². The number of nitrogens with zero attached hydrogens (tertiary/aromatic N) is 4. The first kappa shape index (κ1) is 15.1. The molecule has 1 saturated heterocycles. The predicted molar refractivity (Wildman–Crippen MR) is 92.7 cm³/mol. The average molecular weight is 322 g/mol. The van der Waals surface area contributed by atoms with Crippen molar-refractivity contribution >= 4 is 11.7 Å². The Morgan fingerprint density at radius 1 is 1.17 bits per heavy atom. The fraction of sp³-hybridized carbons (Fsp3) is 0.421. The van der Waals surface area contributed by atoms with E-state index in [0.29, 0.717) is 0 Å². The van der Waals surface area contributed by atoms with Gasteiger partial charge in [0.25, 0.3) is 0 Å². The van der Waals surface area contributed by atoms with Gasteiger partial charge in [-0.05, 0) is 30.9 Å². The van der Waals surface area contributed by atoms with Crippen LogP contribution in [0.4, 0.5) is 5.82 Å². The number of carbonyl (C=O) groups excluding carboxylic acids is 1. The number of benzene rings is 1. The number of carbonyl (C=O) groups is 1. The summed E-state index contributed by atoms with van der Waals surface area (Å²) in [6.07, 6.45) is 5.40. The van der Waals surface area contributed by atoms with Crippen molar-refractivity contribution < 1.29 is 4.79 Å². The summed E-state index contributed by atoms with van der Waals surface area (Å²) in [6.45, 7) is 5.14. The van der Waals surface area contributed by atoms with E-state index in [1.165, 1.54) is 11.1 Å². The molecule has 1 aromatic heterocycles. The summed E-state index contributed by atoms with van der Waals surface area (Å²) in [5, 5.41) is 0. The van der Waals surface area contributed by atoms with E-state index in [2.05, 4.69) is 39.1 Å². The molecule has 2 aliphatic rings. The van der Waals surface area contributed by atoms with Gasteiger partial charge in [-0.15, -0.1) is 0 Å². The number of fused-ring (bicyclic) bond motifs is 1. The normalized spacial score (nSPS) is 20.1. The summed E-state index contributed by atoms with van der Waals surface area (Å²) in [5.41, 5.74) is 3.58. The molecule has 1 amide bonds. The Balaban J connectivity index is 1.43. The summed E-state index contributed by atoms with van der Waals surface area (Å²) in [4.78, 5) is 25.9. The van der Waals surface area contributed by atoms with Gasteiger partial charge < -0.3 is 9.80 Å². The predicted octanol–water partition coefficient (Wildman–Crippen LogP) is 2.20. The molecule has 1 atom stereocenters. The van der Waals surface area contributed by atoms with E-state index >= 15 is 0 Å². The molecule has 2 aliphatic heterocycles. The molecule has 0 N–H and O–H groups in total. The van der Waals surface area contributed by atoms with Gasteiger partial charge in [0.05, 0.1) is 17.8 Å². The fourth-order valence-corrected chi connectivity index (χ4v) is 3.71. The SMILES string of the molecule is Cc1cncc(N2CCC(C(=O)N3CCc4ccccc4C3)C2)n1. The summed E-state index contributed by atoms with van der Waals surface area (Å²) in [7, 11) is 0.